The molecular weight excluding hydrogens is 146 g/mol. The molecule has 12 heavy (non-hydrogen) atoms. The minimum Gasteiger partial charge on any atom is -0.303 e. The highest BCUT2D eigenvalue weighted by Crippen LogP contribution is 2.19. The largest absolute Gasteiger partial charge is 0.303 e. The minimum atomic E-state index is 0.866. The molecule has 0 aromatic carbocycles. The summed E-state index contributed by atoms with van der Waals surface area (Å²) in [5.41, 5.74) is 0. The van der Waals surface area contributed by atoms with Gasteiger partial charge < -0.3 is 4.90 Å². The second-order valence-electron chi connectivity index (χ2n) is 4.55. The molecule has 0 spiro atoms. The van der Waals surface area contributed by atoms with Gasteiger partial charge in [0.1, 0.15) is 0 Å². The van der Waals surface area contributed by atoms with Crippen LogP contribution in [0, 0.1) is 11.8 Å². The van der Waals surface area contributed by atoms with Gasteiger partial charge in [0.15, 0.2) is 0 Å². The summed E-state index contributed by atoms with van der Waals surface area (Å²) in [6.07, 6.45) is 4.18. The van der Waals surface area contributed by atoms with Crippen molar-refractivity contribution >= 4 is 0 Å². The van der Waals surface area contributed by atoms with E-state index in [0.717, 1.165) is 11.8 Å². The van der Waals surface area contributed by atoms with Crippen LogP contribution in [0.2, 0.25) is 0 Å². The predicted molar refractivity (Wildman–Crippen MR) is 54.3 cm³/mol. The molecule has 1 fully saturated rings. The second kappa shape index (κ2) is 4.86. The van der Waals surface area contributed by atoms with Crippen molar-refractivity contribution < 1.29 is 0 Å². The molecule has 1 saturated heterocycles. The normalized spacial score (nSPS) is 25.5. The molecule has 1 nitrogen and oxygen atoms in total. The Bertz CT molecular complexity index is 120. The highest BCUT2D eigenvalue weighted by atomic mass is 15.1. The quantitative estimate of drug-likeness (QED) is 0.625. The van der Waals surface area contributed by atoms with Crippen LogP contribution in [0.4, 0.5) is 0 Å². The van der Waals surface area contributed by atoms with Gasteiger partial charge in [-0.25, -0.2) is 0 Å². The van der Waals surface area contributed by atoms with E-state index in [2.05, 4.69) is 25.7 Å². The van der Waals surface area contributed by atoms with E-state index in [1.165, 1.54) is 38.9 Å². The maximum atomic E-state index is 2.63. The second-order valence-corrected chi connectivity index (χ2v) is 4.55. The number of likely N-dealkylation sites (tertiary alicyclic amines) is 1. The number of hydrogen-bond donors (Lipinski definition) is 0. The summed E-state index contributed by atoms with van der Waals surface area (Å²) < 4.78 is 0. The van der Waals surface area contributed by atoms with Crippen molar-refractivity contribution in [3.8, 4) is 0 Å². The van der Waals surface area contributed by atoms with E-state index < -0.39 is 0 Å². The molecule has 72 valence electrons. The highest BCUT2D eigenvalue weighted by Gasteiger charge is 2.20. The molecule has 0 bridgehead atoms. The Labute approximate surface area is 77.1 Å². The van der Waals surface area contributed by atoms with Crippen molar-refractivity contribution in [2.24, 2.45) is 11.8 Å². The Balaban J connectivity index is 2.11. The van der Waals surface area contributed by atoms with Crippen LogP contribution in [-0.2, 0) is 0 Å². The lowest BCUT2D eigenvalue weighted by Crippen LogP contribution is -2.22. The van der Waals surface area contributed by atoms with Gasteiger partial charge in [0.2, 0.25) is 0 Å². The number of rotatable bonds is 4. The Morgan fingerprint density at radius 2 is 2.17 bits per heavy atom. The monoisotopic (exact) mass is 169 g/mol. The molecule has 0 radical (unpaired) electrons. The molecule has 1 aliphatic rings. The van der Waals surface area contributed by atoms with Gasteiger partial charge in [0.05, 0.1) is 0 Å². The zero-order valence-corrected chi connectivity index (χ0v) is 8.84. The van der Waals surface area contributed by atoms with Crippen molar-refractivity contribution in [1.82, 2.24) is 4.90 Å². The van der Waals surface area contributed by atoms with Gasteiger partial charge in [-0.05, 0) is 37.8 Å². The van der Waals surface area contributed by atoms with E-state index >= 15 is 0 Å². The molecule has 0 unspecified atom stereocenters. The molecule has 0 aromatic heterocycles. The van der Waals surface area contributed by atoms with Crippen LogP contribution in [0.25, 0.3) is 0 Å². The summed E-state index contributed by atoms with van der Waals surface area (Å²) in [4.78, 5) is 2.63. The van der Waals surface area contributed by atoms with E-state index in [1.807, 2.05) is 0 Å². The molecule has 0 N–H and O–H groups in total. The first-order valence-electron chi connectivity index (χ1n) is 5.44. The fourth-order valence-corrected chi connectivity index (χ4v) is 1.89. The fourth-order valence-electron chi connectivity index (χ4n) is 1.89. The van der Waals surface area contributed by atoms with Crippen molar-refractivity contribution in [1.29, 1.82) is 0 Å². The molecule has 1 heterocycles. The average Bonchev–Trinajstić information content (AvgIpc) is 2.48. The first-order chi connectivity index (χ1) is 5.72. The van der Waals surface area contributed by atoms with Crippen LogP contribution < -0.4 is 0 Å². The van der Waals surface area contributed by atoms with Gasteiger partial charge in [0, 0.05) is 6.54 Å². The van der Waals surface area contributed by atoms with Crippen molar-refractivity contribution in [2.45, 2.75) is 40.0 Å². The number of nitrogens with zero attached hydrogens (tertiary/aromatic N) is 1. The molecule has 1 aliphatic heterocycles. The van der Waals surface area contributed by atoms with E-state index in [9.17, 15) is 0 Å². The lowest BCUT2D eigenvalue weighted by molar-refractivity contribution is 0.301. The first kappa shape index (κ1) is 10.0. The molecule has 1 atom stereocenters. The molecule has 1 rings (SSSR count). The van der Waals surface area contributed by atoms with Crippen LogP contribution in [0.1, 0.15) is 40.0 Å². The summed E-state index contributed by atoms with van der Waals surface area (Å²) in [6.45, 7) is 11.0. The highest BCUT2D eigenvalue weighted by molar-refractivity contribution is 4.74. The van der Waals surface area contributed by atoms with E-state index in [-0.39, 0.29) is 0 Å². The Kier molecular flexibility index (Phi) is 4.07. The van der Waals surface area contributed by atoms with Gasteiger partial charge in [-0.1, -0.05) is 27.2 Å². The smallest absolute Gasteiger partial charge is 0.00100 e. The first-order valence-corrected chi connectivity index (χ1v) is 5.44. The van der Waals surface area contributed by atoms with Crippen molar-refractivity contribution in [2.75, 3.05) is 19.6 Å². The molecule has 0 aromatic rings. The zero-order chi connectivity index (χ0) is 8.97. The van der Waals surface area contributed by atoms with Gasteiger partial charge in [-0.3, -0.25) is 0 Å². The Morgan fingerprint density at radius 3 is 2.67 bits per heavy atom. The third kappa shape index (κ3) is 3.14. The maximum absolute atomic E-state index is 2.63. The predicted octanol–water partition coefficient (Wildman–Crippen LogP) is 2.76. The summed E-state index contributed by atoms with van der Waals surface area (Å²) in [7, 11) is 0. The topological polar surface area (TPSA) is 3.24 Å². The third-order valence-electron chi connectivity index (χ3n) is 2.97. The van der Waals surface area contributed by atoms with E-state index in [0.29, 0.717) is 0 Å². The van der Waals surface area contributed by atoms with Gasteiger partial charge in [-0.15, -0.1) is 0 Å². The van der Waals surface area contributed by atoms with Gasteiger partial charge in [0.25, 0.3) is 0 Å². The lowest BCUT2D eigenvalue weighted by Gasteiger charge is -2.16. The Morgan fingerprint density at radius 1 is 1.42 bits per heavy atom. The van der Waals surface area contributed by atoms with Gasteiger partial charge >= 0.3 is 0 Å². The fraction of sp³-hybridized carbons (Fsp3) is 1.00. The summed E-state index contributed by atoms with van der Waals surface area (Å²) in [5.74, 6) is 1.86. The Hall–Kier alpha value is -0.0400. The van der Waals surface area contributed by atoms with Crippen molar-refractivity contribution in [3.63, 3.8) is 0 Å². The standard InChI is InChI=1S/C11H23N/c1-4-11-6-8-12(9-11)7-5-10(2)3/h10-11H,4-9H2,1-3H3/t11-/m0/s1. The van der Waals surface area contributed by atoms with Crippen LogP contribution in [0.5, 0.6) is 0 Å². The maximum Gasteiger partial charge on any atom is 0.00100 e. The van der Waals surface area contributed by atoms with E-state index in [4.69, 9.17) is 0 Å². The van der Waals surface area contributed by atoms with Gasteiger partial charge in [-0.2, -0.15) is 0 Å². The molecule has 0 amide bonds. The van der Waals surface area contributed by atoms with Crippen LogP contribution in [0.15, 0.2) is 0 Å². The lowest BCUT2D eigenvalue weighted by atomic mass is 10.1. The third-order valence-corrected chi connectivity index (χ3v) is 2.97. The molecule has 1 heteroatoms. The molecule has 0 saturated carbocycles. The van der Waals surface area contributed by atoms with Crippen LogP contribution >= 0.6 is 0 Å². The summed E-state index contributed by atoms with van der Waals surface area (Å²) in [5, 5.41) is 0. The summed E-state index contributed by atoms with van der Waals surface area (Å²) in [6, 6.07) is 0. The average molecular weight is 169 g/mol. The van der Waals surface area contributed by atoms with Crippen LogP contribution in [0.3, 0.4) is 0 Å². The molecule has 0 aliphatic carbocycles. The molecular formula is C11H23N. The summed E-state index contributed by atoms with van der Waals surface area (Å²) >= 11 is 0. The van der Waals surface area contributed by atoms with Crippen molar-refractivity contribution in [3.05, 3.63) is 0 Å². The van der Waals surface area contributed by atoms with E-state index in [1.54, 1.807) is 0 Å². The van der Waals surface area contributed by atoms with Crippen LogP contribution in [-0.4, -0.2) is 24.5 Å². The number of hydrogen-bond acceptors (Lipinski definition) is 1. The minimum absolute atomic E-state index is 0.866. The zero-order valence-electron chi connectivity index (χ0n) is 8.84. The SMILES string of the molecule is CC[C@H]1CCN(CCC(C)C)C1.